The van der Waals surface area contributed by atoms with Gasteiger partial charge in [0.05, 0.1) is 23.3 Å². The van der Waals surface area contributed by atoms with Crippen molar-refractivity contribution >= 4 is 28.6 Å². The predicted molar refractivity (Wildman–Crippen MR) is 93.4 cm³/mol. The Balaban J connectivity index is 1.48. The van der Waals surface area contributed by atoms with E-state index in [0.717, 1.165) is 29.1 Å². The standard InChI is InChI=1S/C16H18N4OS2/c1-20(15(21)6-2-4-12-8-17-18-9-12)10-13-11-23-16(19-13)14-5-3-7-22-14/h3,5,7-9,11H,2,4,6,10H2,1H3,(H,17,18). The summed E-state index contributed by atoms with van der Waals surface area (Å²) in [6.45, 7) is 0.562. The van der Waals surface area contributed by atoms with Gasteiger partial charge in [-0.3, -0.25) is 9.89 Å². The Morgan fingerprint density at radius 1 is 1.39 bits per heavy atom. The van der Waals surface area contributed by atoms with Crippen molar-refractivity contribution in [1.29, 1.82) is 0 Å². The molecule has 7 heteroatoms. The normalized spacial score (nSPS) is 10.8. The Kier molecular flexibility index (Phi) is 5.19. The first-order valence-corrected chi connectivity index (χ1v) is 9.18. The zero-order valence-corrected chi connectivity index (χ0v) is 14.5. The minimum atomic E-state index is 0.152. The van der Waals surface area contributed by atoms with Crippen LogP contribution in [-0.2, 0) is 17.8 Å². The van der Waals surface area contributed by atoms with Crippen molar-refractivity contribution in [3.05, 3.63) is 46.5 Å². The zero-order chi connectivity index (χ0) is 16.1. The van der Waals surface area contributed by atoms with E-state index < -0.39 is 0 Å². The summed E-state index contributed by atoms with van der Waals surface area (Å²) in [6, 6.07) is 4.09. The van der Waals surface area contributed by atoms with Crippen molar-refractivity contribution < 1.29 is 4.79 Å². The van der Waals surface area contributed by atoms with Gasteiger partial charge in [0.15, 0.2) is 0 Å². The van der Waals surface area contributed by atoms with Crippen LogP contribution in [0.2, 0.25) is 0 Å². The van der Waals surface area contributed by atoms with Gasteiger partial charge in [-0.25, -0.2) is 4.98 Å². The van der Waals surface area contributed by atoms with Crippen molar-refractivity contribution in [2.24, 2.45) is 0 Å². The number of thiazole rings is 1. The van der Waals surface area contributed by atoms with Gasteiger partial charge in [0.25, 0.3) is 0 Å². The summed E-state index contributed by atoms with van der Waals surface area (Å²) in [5.41, 5.74) is 2.09. The number of hydrogen-bond donors (Lipinski definition) is 1. The molecule has 0 bridgehead atoms. The number of aromatic amines is 1. The second kappa shape index (κ2) is 7.52. The number of carbonyl (C=O) groups is 1. The summed E-state index contributed by atoms with van der Waals surface area (Å²) in [5.74, 6) is 0.152. The largest absolute Gasteiger partial charge is 0.340 e. The molecule has 0 unspecified atom stereocenters. The zero-order valence-electron chi connectivity index (χ0n) is 12.9. The summed E-state index contributed by atoms with van der Waals surface area (Å²) in [7, 11) is 1.84. The number of nitrogens with zero attached hydrogens (tertiary/aromatic N) is 3. The summed E-state index contributed by atoms with van der Waals surface area (Å²) in [4.78, 5) is 19.7. The Labute approximate surface area is 143 Å². The topological polar surface area (TPSA) is 61.9 Å². The van der Waals surface area contributed by atoms with Crippen LogP contribution in [0.1, 0.15) is 24.1 Å². The summed E-state index contributed by atoms with van der Waals surface area (Å²) < 4.78 is 0. The SMILES string of the molecule is CN(Cc1csc(-c2cccs2)n1)C(=O)CCCc1cn[nH]c1. The predicted octanol–water partition coefficient (Wildman–Crippen LogP) is 3.58. The van der Waals surface area contributed by atoms with E-state index in [2.05, 4.69) is 21.2 Å². The lowest BCUT2D eigenvalue weighted by atomic mass is 10.1. The molecule has 3 rings (SSSR count). The van der Waals surface area contributed by atoms with Crippen LogP contribution in [0.4, 0.5) is 0 Å². The van der Waals surface area contributed by atoms with Crippen LogP contribution in [0.5, 0.6) is 0 Å². The number of amides is 1. The van der Waals surface area contributed by atoms with Crippen molar-refractivity contribution in [2.75, 3.05) is 7.05 Å². The van der Waals surface area contributed by atoms with Gasteiger partial charge < -0.3 is 4.90 Å². The van der Waals surface area contributed by atoms with Crippen LogP contribution in [0, 0.1) is 0 Å². The molecule has 0 aromatic carbocycles. The highest BCUT2D eigenvalue weighted by atomic mass is 32.1. The van der Waals surface area contributed by atoms with Crippen LogP contribution in [0.15, 0.2) is 35.3 Å². The van der Waals surface area contributed by atoms with Crippen molar-refractivity contribution in [2.45, 2.75) is 25.8 Å². The van der Waals surface area contributed by atoms with Crippen molar-refractivity contribution in [1.82, 2.24) is 20.1 Å². The monoisotopic (exact) mass is 346 g/mol. The van der Waals surface area contributed by atoms with Crippen molar-refractivity contribution in [3.63, 3.8) is 0 Å². The fourth-order valence-corrected chi connectivity index (χ4v) is 3.90. The molecule has 0 spiro atoms. The van der Waals surface area contributed by atoms with E-state index in [0.29, 0.717) is 13.0 Å². The highest BCUT2D eigenvalue weighted by molar-refractivity contribution is 7.20. The van der Waals surface area contributed by atoms with Crippen LogP contribution in [0.3, 0.4) is 0 Å². The third-order valence-electron chi connectivity index (χ3n) is 3.52. The first-order chi connectivity index (χ1) is 11.2. The second-order valence-corrected chi connectivity index (χ2v) is 7.14. The Bertz CT molecular complexity index is 734. The van der Waals surface area contributed by atoms with Crippen LogP contribution in [-0.4, -0.2) is 33.0 Å². The van der Waals surface area contributed by atoms with E-state index in [1.54, 1.807) is 33.8 Å². The quantitative estimate of drug-likeness (QED) is 0.711. The fourth-order valence-electron chi connectivity index (χ4n) is 2.27. The molecule has 3 aromatic heterocycles. The lowest BCUT2D eigenvalue weighted by Gasteiger charge is -2.15. The maximum absolute atomic E-state index is 12.2. The molecule has 0 saturated carbocycles. The summed E-state index contributed by atoms with van der Waals surface area (Å²) in [5, 5.41) is 11.8. The number of carbonyl (C=O) groups excluding carboxylic acids is 1. The molecule has 0 aliphatic carbocycles. The Morgan fingerprint density at radius 3 is 3.04 bits per heavy atom. The average molecular weight is 346 g/mol. The van der Waals surface area contributed by atoms with E-state index in [9.17, 15) is 4.79 Å². The molecule has 1 amide bonds. The number of H-pyrrole nitrogens is 1. The number of aryl methyl sites for hydroxylation is 1. The van der Waals surface area contributed by atoms with Gasteiger partial charge in [-0.15, -0.1) is 22.7 Å². The average Bonchev–Trinajstić information content (AvgIpc) is 3.29. The van der Waals surface area contributed by atoms with E-state index in [1.165, 1.54) is 4.88 Å². The maximum atomic E-state index is 12.2. The van der Waals surface area contributed by atoms with Gasteiger partial charge in [0, 0.05) is 25.0 Å². The Morgan fingerprint density at radius 2 is 2.30 bits per heavy atom. The van der Waals surface area contributed by atoms with Crippen LogP contribution in [0.25, 0.3) is 9.88 Å². The van der Waals surface area contributed by atoms with Gasteiger partial charge in [0.1, 0.15) is 5.01 Å². The number of rotatable bonds is 7. The number of nitrogens with one attached hydrogen (secondary N) is 1. The fraction of sp³-hybridized carbons (Fsp3) is 0.312. The van der Waals surface area contributed by atoms with E-state index in [1.807, 2.05) is 30.1 Å². The van der Waals surface area contributed by atoms with E-state index >= 15 is 0 Å². The van der Waals surface area contributed by atoms with Gasteiger partial charge in [-0.05, 0) is 29.9 Å². The van der Waals surface area contributed by atoms with Crippen LogP contribution >= 0.6 is 22.7 Å². The Hall–Kier alpha value is -1.99. The first kappa shape index (κ1) is 15.9. The van der Waals surface area contributed by atoms with Gasteiger partial charge in [0.2, 0.25) is 5.91 Å². The minimum Gasteiger partial charge on any atom is -0.340 e. The molecule has 3 aromatic rings. The molecule has 0 saturated heterocycles. The molecule has 0 fully saturated rings. The third kappa shape index (κ3) is 4.27. The number of aromatic nitrogens is 3. The molecule has 3 heterocycles. The molecule has 5 nitrogen and oxygen atoms in total. The molecule has 1 N–H and O–H groups in total. The molecule has 120 valence electrons. The molecule has 0 atom stereocenters. The molecular formula is C16H18N4OS2. The van der Waals surface area contributed by atoms with Crippen molar-refractivity contribution in [3.8, 4) is 9.88 Å². The minimum absolute atomic E-state index is 0.152. The highest BCUT2D eigenvalue weighted by Crippen LogP contribution is 2.28. The molecule has 0 aliphatic rings. The van der Waals surface area contributed by atoms with Crippen LogP contribution < -0.4 is 0 Å². The highest BCUT2D eigenvalue weighted by Gasteiger charge is 2.12. The first-order valence-electron chi connectivity index (χ1n) is 7.42. The number of thiophene rings is 1. The maximum Gasteiger partial charge on any atom is 0.222 e. The smallest absolute Gasteiger partial charge is 0.222 e. The van der Waals surface area contributed by atoms with Gasteiger partial charge in [-0.1, -0.05) is 6.07 Å². The van der Waals surface area contributed by atoms with Gasteiger partial charge in [-0.2, -0.15) is 5.10 Å². The molecule has 0 radical (unpaired) electrons. The summed E-state index contributed by atoms with van der Waals surface area (Å²) >= 11 is 3.31. The molecular weight excluding hydrogens is 328 g/mol. The van der Waals surface area contributed by atoms with E-state index in [-0.39, 0.29) is 5.91 Å². The molecule has 0 aliphatic heterocycles. The number of hydrogen-bond acceptors (Lipinski definition) is 5. The summed E-state index contributed by atoms with van der Waals surface area (Å²) in [6.07, 6.45) is 5.92. The lowest BCUT2D eigenvalue weighted by Crippen LogP contribution is -2.26. The lowest BCUT2D eigenvalue weighted by molar-refractivity contribution is -0.130. The second-order valence-electron chi connectivity index (χ2n) is 5.33. The van der Waals surface area contributed by atoms with Gasteiger partial charge >= 0.3 is 0 Å². The third-order valence-corrected chi connectivity index (χ3v) is 5.45. The van der Waals surface area contributed by atoms with E-state index in [4.69, 9.17) is 0 Å². The molecule has 23 heavy (non-hydrogen) atoms.